The molecule has 22 heavy (non-hydrogen) atoms. The van der Waals surface area contributed by atoms with Gasteiger partial charge in [-0.05, 0) is 85.8 Å². The molecule has 0 saturated carbocycles. The Morgan fingerprint density at radius 1 is 0.545 bits per heavy atom. The molecule has 0 bridgehead atoms. The van der Waals surface area contributed by atoms with Gasteiger partial charge in [0, 0.05) is 13.1 Å². The quantitative estimate of drug-likeness (QED) is 0.634. The summed E-state index contributed by atoms with van der Waals surface area (Å²) in [7, 11) is 6.55. The first kappa shape index (κ1) is 19.7. The summed E-state index contributed by atoms with van der Waals surface area (Å²) >= 11 is 0. The Labute approximate surface area is 139 Å². The van der Waals surface area contributed by atoms with Crippen LogP contribution in [0.4, 0.5) is 0 Å². The van der Waals surface area contributed by atoms with E-state index in [-0.39, 0.29) is 0 Å². The van der Waals surface area contributed by atoms with E-state index in [0.717, 1.165) is 0 Å². The highest BCUT2D eigenvalue weighted by Gasteiger charge is 2.06. The molecular weight excluding hydrogens is 270 g/mol. The molecule has 3 aliphatic heterocycles. The molecule has 0 N–H and O–H groups in total. The number of likely N-dealkylation sites (tertiary alicyclic amines) is 3. The lowest BCUT2D eigenvalue weighted by atomic mass is 10.1. The average molecular weight is 310 g/mol. The van der Waals surface area contributed by atoms with Crippen LogP contribution in [-0.2, 0) is 0 Å². The van der Waals surface area contributed by atoms with Crippen molar-refractivity contribution in [1.82, 2.24) is 14.7 Å². The standard InChI is InChI=1S/C7H13N.2C6H13N/c1-7-3-5-8(2)6-4-7;2*1-7-5-3-2-4-6-7/h1,3-6H2,2H3;2*2-6H2,1H3. The fraction of sp³-hybridized carbons (Fsp3) is 0.895. The largest absolute Gasteiger partial charge is 0.306 e. The van der Waals surface area contributed by atoms with Gasteiger partial charge in [-0.2, -0.15) is 0 Å². The van der Waals surface area contributed by atoms with Gasteiger partial charge in [0.1, 0.15) is 0 Å². The van der Waals surface area contributed by atoms with Crippen LogP contribution in [0.5, 0.6) is 0 Å². The number of piperidine rings is 3. The van der Waals surface area contributed by atoms with Gasteiger partial charge in [0.05, 0.1) is 0 Å². The average Bonchev–Trinajstić information content (AvgIpc) is 2.53. The van der Waals surface area contributed by atoms with E-state index in [4.69, 9.17) is 0 Å². The minimum absolute atomic E-state index is 1.20. The first-order chi connectivity index (χ1) is 10.6. The molecule has 3 heterocycles. The maximum Gasteiger partial charge on any atom is 0.00156 e. The highest BCUT2D eigenvalue weighted by molar-refractivity contribution is 4.98. The van der Waals surface area contributed by atoms with Crippen LogP contribution in [0, 0.1) is 0 Å². The first-order valence-electron chi connectivity index (χ1n) is 9.30. The monoisotopic (exact) mass is 309 g/mol. The molecule has 3 heteroatoms. The van der Waals surface area contributed by atoms with E-state index in [0.29, 0.717) is 0 Å². The zero-order valence-electron chi connectivity index (χ0n) is 15.4. The van der Waals surface area contributed by atoms with E-state index in [1.54, 1.807) is 0 Å². The van der Waals surface area contributed by atoms with Crippen LogP contribution < -0.4 is 0 Å². The van der Waals surface area contributed by atoms with Crippen LogP contribution in [0.2, 0.25) is 0 Å². The third-order valence-electron chi connectivity index (χ3n) is 4.85. The second-order valence-corrected chi connectivity index (χ2v) is 7.28. The Balaban J connectivity index is 0.000000166. The van der Waals surface area contributed by atoms with Crippen molar-refractivity contribution >= 4 is 0 Å². The van der Waals surface area contributed by atoms with Crippen LogP contribution in [0.1, 0.15) is 51.4 Å². The Kier molecular flexibility index (Phi) is 10.8. The van der Waals surface area contributed by atoms with Gasteiger partial charge in [-0.1, -0.05) is 25.0 Å². The van der Waals surface area contributed by atoms with Gasteiger partial charge >= 0.3 is 0 Å². The molecule has 0 amide bonds. The molecular formula is C19H39N3. The van der Waals surface area contributed by atoms with Gasteiger partial charge < -0.3 is 14.7 Å². The van der Waals surface area contributed by atoms with Crippen LogP contribution >= 0.6 is 0 Å². The molecule has 0 unspecified atom stereocenters. The van der Waals surface area contributed by atoms with E-state index in [2.05, 4.69) is 42.4 Å². The van der Waals surface area contributed by atoms with Crippen molar-refractivity contribution in [3.63, 3.8) is 0 Å². The van der Waals surface area contributed by atoms with Gasteiger partial charge in [-0.15, -0.1) is 0 Å². The van der Waals surface area contributed by atoms with Gasteiger partial charge in [-0.25, -0.2) is 0 Å². The summed E-state index contributed by atoms with van der Waals surface area (Å²) in [5, 5.41) is 0. The third kappa shape index (κ3) is 10.4. The minimum atomic E-state index is 1.20. The maximum atomic E-state index is 3.92. The molecule has 130 valence electrons. The molecule has 3 fully saturated rings. The predicted octanol–water partition coefficient (Wildman–Crippen LogP) is 3.47. The number of nitrogens with zero attached hydrogens (tertiary/aromatic N) is 3. The molecule has 0 atom stereocenters. The molecule has 0 radical (unpaired) electrons. The van der Waals surface area contributed by atoms with Crippen LogP contribution in [0.25, 0.3) is 0 Å². The molecule has 3 aliphatic rings. The SMILES string of the molecule is C=C1CCN(C)CC1.CN1CCCCC1.CN1CCCCC1. The first-order valence-corrected chi connectivity index (χ1v) is 9.30. The summed E-state index contributed by atoms with van der Waals surface area (Å²) in [6.07, 6.45) is 11.0. The number of hydrogen-bond donors (Lipinski definition) is 0. The smallest absolute Gasteiger partial charge is 0.00156 e. The molecule has 3 nitrogen and oxygen atoms in total. The molecule has 3 saturated heterocycles. The van der Waals surface area contributed by atoms with Gasteiger partial charge in [0.2, 0.25) is 0 Å². The number of rotatable bonds is 0. The van der Waals surface area contributed by atoms with E-state index < -0.39 is 0 Å². The molecule has 0 aliphatic carbocycles. The van der Waals surface area contributed by atoms with Crippen molar-refractivity contribution in [3.05, 3.63) is 12.2 Å². The van der Waals surface area contributed by atoms with Gasteiger partial charge in [0.15, 0.2) is 0 Å². The fourth-order valence-corrected chi connectivity index (χ4v) is 3.04. The molecule has 0 aromatic carbocycles. The minimum Gasteiger partial charge on any atom is -0.306 e. The Bertz CT molecular complexity index is 252. The van der Waals surface area contributed by atoms with Crippen molar-refractivity contribution in [3.8, 4) is 0 Å². The van der Waals surface area contributed by atoms with Crippen molar-refractivity contribution in [2.24, 2.45) is 0 Å². The molecule has 3 rings (SSSR count). The fourth-order valence-electron chi connectivity index (χ4n) is 3.04. The highest BCUT2D eigenvalue weighted by atomic mass is 15.1. The summed E-state index contributed by atoms with van der Waals surface area (Å²) in [4.78, 5) is 7.13. The summed E-state index contributed by atoms with van der Waals surface area (Å²) < 4.78 is 0. The van der Waals surface area contributed by atoms with Crippen molar-refractivity contribution in [2.75, 3.05) is 60.4 Å². The second kappa shape index (κ2) is 12.1. The summed E-state index contributed by atoms with van der Waals surface area (Å²) in [6, 6.07) is 0. The predicted molar refractivity (Wildman–Crippen MR) is 98.6 cm³/mol. The summed E-state index contributed by atoms with van der Waals surface area (Å²) in [5.74, 6) is 0. The highest BCUT2D eigenvalue weighted by Crippen LogP contribution is 2.11. The van der Waals surface area contributed by atoms with Crippen molar-refractivity contribution in [2.45, 2.75) is 51.4 Å². The topological polar surface area (TPSA) is 9.72 Å². The van der Waals surface area contributed by atoms with Crippen LogP contribution in [0.15, 0.2) is 12.2 Å². The summed E-state index contributed by atoms with van der Waals surface area (Å²) in [6.45, 7) is 11.6. The Morgan fingerprint density at radius 3 is 1.09 bits per heavy atom. The second-order valence-electron chi connectivity index (χ2n) is 7.28. The normalized spacial score (nSPS) is 24.8. The van der Waals surface area contributed by atoms with E-state index in [1.165, 1.54) is 96.2 Å². The molecule has 0 aromatic rings. The van der Waals surface area contributed by atoms with E-state index >= 15 is 0 Å². The van der Waals surface area contributed by atoms with E-state index in [1.807, 2.05) is 0 Å². The van der Waals surface area contributed by atoms with Crippen LogP contribution in [-0.4, -0.2) is 75.1 Å². The van der Waals surface area contributed by atoms with Gasteiger partial charge in [0.25, 0.3) is 0 Å². The Morgan fingerprint density at radius 2 is 0.864 bits per heavy atom. The van der Waals surface area contributed by atoms with E-state index in [9.17, 15) is 0 Å². The number of hydrogen-bond acceptors (Lipinski definition) is 3. The third-order valence-corrected chi connectivity index (χ3v) is 4.85. The van der Waals surface area contributed by atoms with Crippen LogP contribution in [0.3, 0.4) is 0 Å². The van der Waals surface area contributed by atoms with Crippen molar-refractivity contribution in [1.29, 1.82) is 0 Å². The lowest BCUT2D eigenvalue weighted by Crippen LogP contribution is -2.25. The maximum absolute atomic E-state index is 3.92. The lowest BCUT2D eigenvalue weighted by molar-refractivity contribution is 0.277. The lowest BCUT2D eigenvalue weighted by Gasteiger charge is -2.22. The zero-order valence-corrected chi connectivity index (χ0v) is 15.4. The Hall–Kier alpha value is -0.380. The zero-order chi connectivity index (χ0) is 16.2. The summed E-state index contributed by atoms with van der Waals surface area (Å²) in [5.41, 5.74) is 1.42. The van der Waals surface area contributed by atoms with Gasteiger partial charge in [-0.3, -0.25) is 0 Å². The molecule has 0 spiro atoms. The van der Waals surface area contributed by atoms with Crippen molar-refractivity contribution < 1.29 is 0 Å². The molecule has 0 aromatic heterocycles.